The predicted octanol–water partition coefficient (Wildman–Crippen LogP) is 4.34. The highest BCUT2D eigenvalue weighted by Gasteiger charge is 2.23. The van der Waals surface area contributed by atoms with Crippen LogP contribution in [0.3, 0.4) is 0 Å². The highest BCUT2D eigenvalue weighted by atomic mass is 32.1. The van der Waals surface area contributed by atoms with Gasteiger partial charge in [0.25, 0.3) is 0 Å². The molecule has 1 nitrogen and oxygen atoms in total. The molecule has 0 aliphatic rings. The van der Waals surface area contributed by atoms with Gasteiger partial charge in [0, 0.05) is 10.9 Å². The molecule has 1 aromatic heterocycles. The van der Waals surface area contributed by atoms with Crippen molar-refractivity contribution in [1.82, 2.24) is 5.32 Å². The fourth-order valence-corrected chi connectivity index (χ4v) is 2.77. The molecular formula is C15H27NS. The van der Waals surface area contributed by atoms with Crippen molar-refractivity contribution in [2.24, 2.45) is 11.3 Å². The molecule has 1 N–H and O–H groups in total. The zero-order valence-electron chi connectivity index (χ0n) is 11.9. The maximum absolute atomic E-state index is 3.63. The van der Waals surface area contributed by atoms with E-state index in [9.17, 15) is 0 Å². The standard InChI is InChI=1S/C15H27NS/c1-6-16-13(10-12(2)15(3,4)5)11-14-8-7-9-17-14/h7-9,12-13,16H,6,10-11H2,1-5H3. The van der Waals surface area contributed by atoms with Crippen LogP contribution in [0.1, 0.15) is 45.9 Å². The van der Waals surface area contributed by atoms with Gasteiger partial charge in [-0.3, -0.25) is 0 Å². The Labute approximate surface area is 111 Å². The second kappa shape index (κ2) is 6.55. The van der Waals surface area contributed by atoms with Gasteiger partial charge in [-0.15, -0.1) is 11.3 Å². The summed E-state index contributed by atoms with van der Waals surface area (Å²) in [6.45, 7) is 12.7. The lowest BCUT2D eigenvalue weighted by atomic mass is 9.78. The number of likely N-dealkylation sites (N-methyl/N-ethyl adjacent to an activating group) is 1. The molecule has 2 heteroatoms. The molecule has 0 aliphatic heterocycles. The van der Waals surface area contributed by atoms with Gasteiger partial charge in [0.1, 0.15) is 0 Å². The minimum absolute atomic E-state index is 0.406. The van der Waals surface area contributed by atoms with Gasteiger partial charge in [0.2, 0.25) is 0 Å². The van der Waals surface area contributed by atoms with E-state index >= 15 is 0 Å². The van der Waals surface area contributed by atoms with Crippen molar-refractivity contribution in [3.05, 3.63) is 22.4 Å². The van der Waals surface area contributed by atoms with Gasteiger partial charge in [0.15, 0.2) is 0 Å². The van der Waals surface area contributed by atoms with Gasteiger partial charge < -0.3 is 5.32 Å². The SMILES string of the molecule is CCNC(Cc1cccs1)CC(C)C(C)(C)C. The Morgan fingerprint density at radius 3 is 2.53 bits per heavy atom. The van der Waals surface area contributed by atoms with E-state index in [-0.39, 0.29) is 0 Å². The van der Waals surface area contributed by atoms with E-state index in [1.54, 1.807) is 0 Å². The van der Waals surface area contributed by atoms with E-state index in [1.165, 1.54) is 17.7 Å². The number of hydrogen-bond donors (Lipinski definition) is 1. The normalized spacial score (nSPS) is 15.8. The van der Waals surface area contributed by atoms with E-state index in [0.29, 0.717) is 11.5 Å². The summed E-state index contributed by atoms with van der Waals surface area (Å²) in [7, 11) is 0. The molecule has 0 radical (unpaired) electrons. The molecule has 1 aromatic rings. The Kier molecular flexibility index (Phi) is 5.68. The molecule has 0 aromatic carbocycles. The zero-order chi connectivity index (χ0) is 12.9. The van der Waals surface area contributed by atoms with Gasteiger partial charge in [-0.1, -0.05) is 40.7 Å². The summed E-state index contributed by atoms with van der Waals surface area (Å²) in [6.07, 6.45) is 2.43. The first-order valence-corrected chi connectivity index (χ1v) is 7.57. The Bertz CT molecular complexity index is 297. The zero-order valence-corrected chi connectivity index (χ0v) is 12.7. The molecule has 0 amide bonds. The van der Waals surface area contributed by atoms with Crippen LogP contribution in [0.2, 0.25) is 0 Å². The maximum Gasteiger partial charge on any atom is 0.0118 e. The predicted molar refractivity (Wildman–Crippen MR) is 78.7 cm³/mol. The van der Waals surface area contributed by atoms with Crippen molar-refractivity contribution in [2.75, 3.05) is 6.54 Å². The molecule has 0 aliphatic carbocycles. The minimum atomic E-state index is 0.406. The van der Waals surface area contributed by atoms with E-state index in [0.717, 1.165) is 12.5 Å². The third kappa shape index (κ3) is 5.22. The van der Waals surface area contributed by atoms with Crippen LogP contribution >= 0.6 is 11.3 Å². The number of thiophene rings is 1. The van der Waals surface area contributed by atoms with Crippen molar-refractivity contribution >= 4 is 11.3 Å². The van der Waals surface area contributed by atoms with E-state index < -0.39 is 0 Å². The monoisotopic (exact) mass is 253 g/mol. The van der Waals surface area contributed by atoms with Crippen molar-refractivity contribution in [2.45, 2.75) is 53.5 Å². The molecule has 1 heterocycles. The molecule has 98 valence electrons. The van der Waals surface area contributed by atoms with Crippen LogP contribution in [-0.4, -0.2) is 12.6 Å². The lowest BCUT2D eigenvalue weighted by Gasteiger charge is -2.31. The largest absolute Gasteiger partial charge is 0.314 e. The summed E-state index contributed by atoms with van der Waals surface area (Å²) in [6, 6.07) is 5.01. The topological polar surface area (TPSA) is 12.0 Å². The molecular weight excluding hydrogens is 226 g/mol. The molecule has 0 spiro atoms. The molecule has 0 saturated carbocycles. The van der Waals surface area contributed by atoms with Gasteiger partial charge in [-0.05, 0) is 42.2 Å². The summed E-state index contributed by atoms with van der Waals surface area (Å²) in [5, 5.41) is 5.80. The fourth-order valence-electron chi connectivity index (χ4n) is 1.98. The number of rotatable bonds is 6. The summed E-state index contributed by atoms with van der Waals surface area (Å²) in [5.74, 6) is 0.742. The molecule has 1 rings (SSSR count). The summed E-state index contributed by atoms with van der Waals surface area (Å²) in [4.78, 5) is 1.50. The van der Waals surface area contributed by atoms with Crippen LogP contribution in [0.4, 0.5) is 0 Å². The van der Waals surface area contributed by atoms with Crippen LogP contribution in [0, 0.1) is 11.3 Å². The number of hydrogen-bond acceptors (Lipinski definition) is 2. The Balaban J connectivity index is 2.54. The van der Waals surface area contributed by atoms with Gasteiger partial charge in [0.05, 0.1) is 0 Å². The summed E-state index contributed by atoms with van der Waals surface area (Å²) in [5.41, 5.74) is 0.406. The lowest BCUT2D eigenvalue weighted by molar-refractivity contribution is 0.223. The van der Waals surface area contributed by atoms with Crippen molar-refractivity contribution in [3.8, 4) is 0 Å². The van der Waals surface area contributed by atoms with Gasteiger partial charge >= 0.3 is 0 Å². The van der Waals surface area contributed by atoms with Crippen molar-refractivity contribution < 1.29 is 0 Å². The van der Waals surface area contributed by atoms with Crippen LogP contribution in [0.25, 0.3) is 0 Å². The molecule has 2 unspecified atom stereocenters. The Morgan fingerprint density at radius 1 is 1.35 bits per heavy atom. The Morgan fingerprint density at radius 2 is 2.06 bits per heavy atom. The first kappa shape index (κ1) is 14.7. The van der Waals surface area contributed by atoms with E-state index in [4.69, 9.17) is 0 Å². The van der Waals surface area contributed by atoms with Crippen LogP contribution in [0.15, 0.2) is 17.5 Å². The molecule has 0 bridgehead atoms. The highest BCUT2D eigenvalue weighted by molar-refractivity contribution is 7.09. The van der Waals surface area contributed by atoms with Gasteiger partial charge in [-0.25, -0.2) is 0 Å². The third-order valence-corrected chi connectivity index (χ3v) is 4.54. The molecule has 0 saturated heterocycles. The van der Waals surface area contributed by atoms with Crippen molar-refractivity contribution in [3.63, 3.8) is 0 Å². The summed E-state index contributed by atoms with van der Waals surface area (Å²) < 4.78 is 0. The van der Waals surface area contributed by atoms with Crippen LogP contribution in [0.5, 0.6) is 0 Å². The number of nitrogens with one attached hydrogen (secondary N) is 1. The fraction of sp³-hybridized carbons (Fsp3) is 0.733. The minimum Gasteiger partial charge on any atom is -0.314 e. The van der Waals surface area contributed by atoms with Crippen LogP contribution < -0.4 is 5.32 Å². The molecule has 0 fully saturated rings. The maximum atomic E-state index is 3.63. The van der Waals surface area contributed by atoms with Gasteiger partial charge in [-0.2, -0.15) is 0 Å². The van der Waals surface area contributed by atoms with Crippen LogP contribution in [-0.2, 0) is 6.42 Å². The second-order valence-corrected chi connectivity index (χ2v) is 7.07. The Hall–Kier alpha value is -0.340. The average molecular weight is 253 g/mol. The second-order valence-electron chi connectivity index (χ2n) is 6.04. The quantitative estimate of drug-likeness (QED) is 0.795. The smallest absolute Gasteiger partial charge is 0.0118 e. The first-order chi connectivity index (χ1) is 7.93. The average Bonchev–Trinajstić information content (AvgIpc) is 2.69. The molecule has 17 heavy (non-hydrogen) atoms. The summed E-state index contributed by atoms with van der Waals surface area (Å²) >= 11 is 1.87. The highest BCUT2D eigenvalue weighted by Crippen LogP contribution is 2.30. The molecule has 2 atom stereocenters. The van der Waals surface area contributed by atoms with Crippen molar-refractivity contribution in [1.29, 1.82) is 0 Å². The third-order valence-electron chi connectivity index (χ3n) is 3.64. The van der Waals surface area contributed by atoms with E-state index in [2.05, 4.69) is 57.4 Å². The first-order valence-electron chi connectivity index (χ1n) is 6.69. The lowest BCUT2D eigenvalue weighted by Crippen LogP contribution is -2.35. The van der Waals surface area contributed by atoms with E-state index in [1.807, 2.05) is 11.3 Å².